The van der Waals surface area contributed by atoms with Crippen molar-refractivity contribution in [1.82, 2.24) is 14.3 Å². The van der Waals surface area contributed by atoms with Crippen molar-refractivity contribution in [2.75, 3.05) is 20.2 Å². The predicted molar refractivity (Wildman–Crippen MR) is 99.8 cm³/mol. The number of rotatable bonds is 5. The van der Waals surface area contributed by atoms with Crippen molar-refractivity contribution >= 4 is 11.6 Å². The number of nitrogens with zero attached hydrogens (tertiary/aromatic N) is 3. The second-order valence-corrected chi connectivity index (χ2v) is 6.30. The lowest BCUT2D eigenvalue weighted by atomic mass is 10.2. The highest BCUT2D eigenvalue weighted by Gasteiger charge is 2.17. The van der Waals surface area contributed by atoms with E-state index in [2.05, 4.69) is 4.98 Å². The number of carbonyl (C=O) groups is 1. The van der Waals surface area contributed by atoms with Crippen LogP contribution in [-0.4, -0.2) is 40.4 Å². The summed E-state index contributed by atoms with van der Waals surface area (Å²) in [6.45, 7) is 4.60. The molecule has 3 rings (SSSR count). The number of hydrogen-bond donors (Lipinski definition) is 0. The van der Waals surface area contributed by atoms with E-state index in [0.717, 1.165) is 16.9 Å². The van der Waals surface area contributed by atoms with Gasteiger partial charge in [0.05, 0.1) is 6.54 Å². The Bertz CT molecular complexity index is 993. The molecule has 0 radical (unpaired) electrons. The Morgan fingerprint density at radius 3 is 2.54 bits per heavy atom. The van der Waals surface area contributed by atoms with Gasteiger partial charge in [0.15, 0.2) is 0 Å². The summed E-state index contributed by atoms with van der Waals surface area (Å²) in [6.07, 6.45) is 3.02. The second-order valence-electron chi connectivity index (χ2n) is 6.30. The predicted octanol–water partition coefficient (Wildman–Crippen LogP) is 2.46. The molecule has 2 aromatic heterocycles. The molecule has 6 nitrogen and oxygen atoms in total. The van der Waals surface area contributed by atoms with Crippen molar-refractivity contribution in [2.45, 2.75) is 13.8 Å². The van der Waals surface area contributed by atoms with Gasteiger partial charge in [-0.3, -0.25) is 14.0 Å². The summed E-state index contributed by atoms with van der Waals surface area (Å²) in [5, 5.41) is 0. The number of hydrogen-bond acceptors (Lipinski definition) is 4. The number of amides is 1. The largest absolute Gasteiger partial charge is 0.492 e. The molecule has 3 aromatic rings. The Labute approximate surface area is 151 Å². The molecule has 134 valence electrons. The number of aryl methyl sites for hydroxylation is 2. The Hall–Kier alpha value is -3.15. The standard InChI is InChI=1S/C20H21N3O3/c1-14-4-7-16(8-5-14)26-11-10-22(3)19(24)17-12-21-18-9-6-15(2)13-23(18)20(17)25/h4-9,12-13H,10-11H2,1-3H3. The van der Waals surface area contributed by atoms with E-state index < -0.39 is 0 Å². The molecule has 0 atom stereocenters. The molecular formula is C20H21N3O3. The maximum Gasteiger partial charge on any atom is 0.270 e. The Balaban J connectivity index is 1.70. The molecule has 0 aliphatic rings. The average molecular weight is 351 g/mol. The minimum absolute atomic E-state index is 0.0472. The normalized spacial score (nSPS) is 10.7. The summed E-state index contributed by atoms with van der Waals surface area (Å²) in [5.41, 5.74) is 2.28. The first-order valence-corrected chi connectivity index (χ1v) is 8.38. The number of pyridine rings is 1. The number of likely N-dealkylation sites (N-methyl/N-ethyl adjacent to an activating group) is 1. The maximum absolute atomic E-state index is 12.6. The minimum Gasteiger partial charge on any atom is -0.492 e. The second kappa shape index (κ2) is 7.39. The van der Waals surface area contributed by atoms with Crippen LogP contribution in [0.1, 0.15) is 21.5 Å². The van der Waals surface area contributed by atoms with Gasteiger partial charge in [-0.05, 0) is 37.6 Å². The number of ether oxygens (including phenoxy) is 1. The molecule has 0 N–H and O–H groups in total. The molecule has 1 amide bonds. The third-order valence-electron chi connectivity index (χ3n) is 4.14. The quantitative estimate of drug-likeness (QED) is 0.708. The first-order chi connectivity index (χ1) is 12.5. The van der Waals surface area contributed by atoms with Gasteiger partial charge in [-0.1, -0.05) is 23.8 Å². The van der Waals surface area contributed by atoms with Crippen LogP contribution < -0.4 is 10.3 Å². The zero-order chi connectivity index (χ0) is 18.7. The van der Waals surface area contributed by atoms with E-state index >= 15 is 0 Å². The lowest BCUT2D eigenvalue weighted by Crippen LogP contribution is -2.35. The molecule has 1 aromatic carbocycles. The molecule has 0 spiro atoms. The summed E-state index contributed by atoms with van der Waals surface area (Å²) in [4.78, 5) is 30.9. The Morgan fingerprint density at radius 1 is 1.12 bits per heavy atom. The van der Waals surface area contributed by atoms with Gasteiger partial charge in [0.25, 0.3) is 11.5 Å². The van der Waals surface area contributed by atoms with Crippen LogP contribution in [0.5, 0.6) is 5.75 Å². The molecule has 0 fully saturated rings. The van der Waals surface area contributed by atoms with E-state index in [-0.39, 0.29) is 17.0 Å². The molecule has 2 heterocycles. The molecule has 0 aliphatic carbocycles. The Kier molecular flexibility index (Phi) is 5.02. The van der Waals surface area contributed by atoms with E-state index in [9.17, 15) is 9.59 Å². The van der Waals surface area contributed by atoms with E-state index in [1.165, 1.54) is 15.5 Å². The van der Waals surface area contributed by atoms with Crippen LogP contribution in [0.2, 0.25) is 0 Å². The zero-order valence-electron chi connectivity index (χ0n) is 15.1. The third-order valence-corrected chi connectivity index (χ3v) is 4.14. The number of carbonyl (C=O) groups excluding carboxylic acids is 1. The number of benzene rings is 1. The lowest BCUT2D eigenvalue weighted by Gasteiger charge is -2.17. The molecule has 0 aliphatic heterocycles. The van der Waals surface area contributed by atoms with Gasteiger partial charge in [0.2, 0.25) is 0 Å². The van der Waals surface area contributed by atoms with Crippen LogP contribution >= 0.6 is 0 Å². The molecular weight excluding hydrogens is 330 g/mol. The third kappa shape index (κ3) is 3.74. The fraction of sp³-hybridized carbons (Fsp3) is 0.250. The van der Waals surface area contributed by atoms with Crippen molar-refractivity contribution in [3.05, 3.63) is 75.8 Å². The van der Waals surface area contributed by atoms with Crippen molar-refractivity contribution in [2.24, 2.45) is 0 Å². The molecule has 0 bridgehead atoms. The topological polar surface area (TPSA) is 63.9 Å². The van der Waals surface area contributed by atoms with Crippen LogP contribution in [-0.2, 0) is 0 Å². The van der Waals surface area contributed by atoms with Crippen LogP contribution in [0.4, 0.5) is 0 Å². The monoisotopic (exact) mass is 351 g/mol. The van der Waals surface area contributed by atoms with E-state index in [0.29, 0.717) is 18.8 Å². The van der Waals surface area contributed by atoms with Crippen LogP contribution in [0, 0.1) is 13.8 Å². The maximum atomic E-state index is 12.6. The fourth-order valence-electron chi connectivity index (χ4n) is 2.57. The van der Waals surface area contributed by atoms with Crippen molar-refractivity contribution in [1.29, 1.82) is 0 Å². The van der Waals surface area contributed by atoms with Gasteiger partial charge in [0, 0.05) is 19.4 Å². The first kappa shape index (κ1) is 17.7. The summed E-state index contributed by atoms with van der Waals surface area (Å²) < 4.78 is 7.04. The number of fused-ring (bicyclic) bond motifs is 1. The van der Waals surface area contributed by atoms with Gasteiger partial charge in [-0.2, -0.15) is 0 Å². The Morgan fingerprint density at radius 2 is 1.81 bits per heavy atom. The van der Waals surface area contributed by atoms with E-state index in [1.807, 2.05) is 44.2 Å². The summed E-state index contributed by atoms with van der Waals surface area (Å²) >= 11 is 0. The molecule has 0 saturated heterocycles. The van der Waals surface area contributed by atoms with Gasteiger partial charge in [-0.15, -0.1) is 0 Å². The highest BCUT2D eigenvalue weighted by Crippen LogP contribution is 2.11. The van der Waals surface area contributed by atoms with E-state index in [4.69, 9.17) is 4.74 Å². The smallest absolute Gasteiger partial charge is 0.270 e. The van der Waals surface area contributed by atoms with Gasteiger partial charge < -0.3 is 9.64 Å². The highest BCUT2D eigenvalue weighted by molar-refractivity contribution is 5.93. The fourth-order valence-corrected chi connectivity index (χ4v) is 2.57. The molecule has 26 heavy (non-hydrogen) atoms. The molecule has 0 unspecified atom stereocenters. The summed E-state index contributed by atoms with van der Waals surface area (Å²) in [6, 6.07) is 11.3. The van der Waals surface area contributed by atoms with Crippen LogP contribution in [0.3, 0.4) is 0 Å². The minimum atomic E-state index is -0.370. The van der Waals surface area contributed by atoms with Gasteiger partial charge in [-0.25, -0.2) is 4.98 Å². The van der Waals surface area contributed by atoms with E-state index in [1.54, 1.807) is 19.3 Å². The first-order valence-electron chi connectivity index (χ1n) is 8.38. The zero-order valence-corrected chi connectivity index (χ0v) is 15.1. The lowest BCUT2D eigenvalue weighted by molar-refractivity contribution is 0.0771. The van der Waals surface area contributed by atoms with Gasteiger partial charge in [0.1, 0.15) is 23.6 Å². The van der Waals surface area contributed by atoms with Crippen molar-refractivity contribution in [3.8, 4) is 5.75 Å². The molecule has 0 saturated carbocycles. The SMILES string of the molecule is Cc1ccc(OCCN(C)C(=O)c2cnc3ccc(C)cn3c2=O)cc1. The number of aromatic nitrogens is 2. The van der Waals surface area contributed by atoms with Crippen molar-refractivity contribution in [3.63, 3.8) is 0 Å². The van der Waals surface area contributed by atoms with Crippen LogP contribution in [0.25, 0.3) is 5.65 Å². The van der Waals surface area contributed by atoms with Gasteiger partial charge >= 0.3 is 0 Å². The summed E-state index contributed by atoms with van der Waals surface area (Å²) in [5.74, 6) is 0.380. The van der Waals surface area contributed by atoms with Crippen LogP contribution in [0.15, 0.2) is 53.6 Å². The average Bonchev–Trinajstić information content (AvgIpc) is 2.63. The van der Waals surface area contributed by atoms with Crippen molar-refractivity contribution < 1.29 is 9.53 Å². The molecule has 6 heteroatoms. The highest BCUT2D eigenvalue weighted by atomic mass is 16.5. The summed E-state index contributed by atoms with van der Waals surface area (Å²) in [7, 11) is 1.64.